The van der Waals surface area contributed by atoms with Crippen LogP contribution in [0.2, 0.25) is 0 Å². The van der Waals surface area contributed by atoms with Crippen LogP contribution in [0.1, 0.15) is 77.8 Å². The molecule has 0 bridgehead atoms. The number of nitrogens with zero attached hydrogens (tertiary/aromatic N) is 5. The van der Waals surface area contributed by atoms with Gasteiger partial charge in [-0.3, -0.25) is 9.48 Å². The second kappa shape index (κ2) is 7.69. The Bertz CT molecular complexity index is 1120. The maximum Gasteiger partial charge on any atom is 0.391 e. The van der Waals surface area contributed by atoms with E-state index in [-0.39, 0.29) is 36.9 Å². The predicted octanol–water partition coefficient (Wildman–Crippen LogP) is 4.22. The minimum Gasteiger partial charge on any atom is -0.367 e. The topological polar surface area (TPSA) is 63.5 Å². The number of halogens is 3. The van der Waals surface area contributed by atoms with Gasteiger partial charge in [-0.2, -0.15) is 18.3 Å². The van der Waals surface area contributed by atoms with Crippen molar-refractivity contribution in [1.82, 2.24) is 19.7 Å². The van der Waals surface area contributed by atoms with Gasteiger partial charge in [0.15, 0.2) is 0 Å². The lowest BCUT2D eigenvalue weighted by Gasteiger charge is -2.39. The fourth-order valence-electron chi connectivity index (χ4n) is 5.44. The molecular formula is C24H28F3N5O2. The summed E-state index contributed by atoms with van der Waals surface area (Å²) in [5.41, 5.74) is 3.01. The molecular weight excluding hydrogens is 447 g/mol. The second-order valence-corrected chi connectivity index (χ2v) is 10.3. The Morgan fingerprint density at radius 3 is 2.65 bits per heavy atom. The number of fused-ring (bicyclic) bond motifs is 1. The van der Waals surface area contributed by atoms with E-state index in [1.54, 1.807) is 11.9 Å². The molecule has 2 atom stereocenters. The van der Waals surface area contributed by atoms with Gasteiger partial charge in [-0.05, 0) is 38.7 Å². The Kier molecular flexibility index (Phi) is 4.95. The van der Waals surface area contributed by atoms with Crippen LogP contribution in [0.15, 0.2) is 18.5 Å². The Morgan fingerprint density at radius 1 is 1.18 bits per heavy atom. The van der Waals surface area contributed by atoms with Gasteiger partial charge in [-0.25, -0.2) is 4.98 Å². The average molecular weight is 476 g/mol. The summed E-state index contributed by atoms with van der Waals surface area (Å²) in [6, 6.07) is 2.30. The van der Waals surface area contributed by atoms with Crippen molar-refractivity contribution in [2.45, 2.75) is 69.5 Å². The lowest BCUT2D eigenvalue weighted by Crippen LogP contribution is -2.43. The number of rotatable bonds is 4. The van der Waals surface area contributed by atoms with E-state index >= 15 is 0 Å². The molecule has 1 amide bonds. The van der Waals surface area contributed by atoms with Crippen molar-refractivity contribution < 1.29 is 22.7 Å². The molecule has 7 nitrogen and oxygen atoms in total. The van der Waals surface area contributed by atoms with Crippen LogP contribution >= 0.6 is 0 Å². The van der Waals surface area contributed by atoms with E-state index < -0.39 is 12.1 Å². The SMILES string of the molecule is C[C@@H]1CN(c2cc3c(c(C4CC(C(F)(F)F)C4)n2)CN(C)C3=O)C[C@H](c2cnn(C3CC3)c2)O1. The monoisotopic (exact) mass is 475 g/mol. The highest BCUT2D eigenvalue weighted by molar-refractivity contribution is 5.99. The first-order valence-electron chi connectivity index (χ1n) is 12.0. The van der Waals surface area contributed by atoms with Crippen LogP contribution in [0.3, 0.4) is 0 Å². The summed E-state index contributed by atoms with van der Waals surface area (Å²) in [5, 5.41) is 4.49. The minimum atomic E-state index is -4.18. The predicted molar refractivity (Wildman–Crippen MR) is 118 cm³/mol. The third kappa shape index (κ3) is 3.76. The van der Waals surface area contributed by atoms with Crippen molar-refractivity contribution in [1.29, 1.82) is 0 Å². The van der Waals surface area contributed by atoms with Gasteiger partial charge in [-0.1, -0.05) is 0 Å². The zero-order valence-electron chi connectivity index (χ0n) is 19.3. The molecule has 10 heteroatoms. The summed E-state index contributed by atoms with van der Waals surface area (Å²) < 4.78 is 47.7. The third-order valence-electron chi connectivity index (χ3n) is 7.60. The van der Waals surface area contributed by atoms with Crippen LogP contribution in [-0.4, -0.2) is 58.0 Å². The van der Waals surface area contributed by atoms with Crippen LogP contribution in [0, 0.1) is 5.92 Å². The second-order valence-electron chi connectivity index (χ2n) is 10.3. The first-order chi connectivity index (χ1) is 16.2. The van der Waals surface area contributed by atoms with E-state index in [4.69, 9.17) is 9.72 Å². The first kappa shape index (κ1) is 21.9. The molecule has 0 radical (unpaired) electrons. The number of alkyl halides is 3. The van der Waals surface area contributed by atoms with E-state index in [2.05, 4.69) is 10.00 Å². The lowest BCUT2D eigenvalue weighted by atomic mass is 9.71. The molecule has 2 aliphatic carbocycles. The smallest absolute Gasteiger partial charge is 0.367 e. The summed E-state index contributed by atoms with van der Waals surface area (Å²) in [7, 11) is 1.72. The normalized spacial score (nSPS) is 29.4. The van der Waals surface area contributed by atoms with Crippen molar-refractivity contribution in [3.05, 3.63) is 40.8 Å². The van der Waals surface area contributed by atoms with Crippen LogP contribution in [0.4, 0.5) is 19.0 Å². The summed E-state index contributed by atoms with van der Waals surface area (Å²) >= 11 is 0. The molecule has 182 valence electrons. The highest BCUT2D eigenvalue weighted by Gasteiger charge is 2.50. The molecule has 3 fully saturated rings. The zero-order valence-corrected chi connectivity index (χ0v) is 19.3. The standard InChI is InChI=1S/C24H28F3N5O2/c1-13-9-31(12-20(34-13)15-8-28-32(10-15)17-3-4-17)21-7-18-19(11-30(2)23(18)33)22(29-21)14-5-16(6-14)24(25,26)27/h7-8,10,13-14,16-17,20H,3-6,9,11-12H2,1-2H3/t13-,14?,16?,20-/m1/s1. The fraction of sp³-hybridized carbons (Fsp3) is 0.625. The zero-order chi connectivity index (χ0) is 23.8. The molecule has 0 aromatic carbocycles. The van der Waals surface area contributed by atoms with Gasteiger partial charge in [-0.15, -0.1) is 0 Å². The van der Waals surface area contributed by atoms with Gasteiger partial charge >= 0.3 is 6.18 Å². The Hall–Kier alpha value is -2.62. The van der Waals surface area contributed by atoms with Gasteiger partial charge in [0, 0.05) is 43.4 Å². The number of ether oxygens (including phenoxy) is 1. The van der Waals surface area contributed by atoms with Crippen LogP contribution in [-0.2, 0) is 11.3 Å². The number of hydrogen-bond acceptors (Lipinski definition) is 5. The minimum absolute atomic E-state index is 0.0345. The molecule has 34 heavy (non-hydrogen) atoms. The van der Waals surface area contributed by atoms with Crippen molar-refractivity contribution >= 4 is 11.7 Å². The molecule has 4 heterocycles. The summed E-state index contributed by atoms with van der Waals surface area (Å²) in [4.78, 5) is 21.4. The molecule has 0 spiro atoms. The summed E-state index contributed by atoms with van der Waals surface area (Å²) in [6.45, 7) is 3.54. The molecule has 0 N–H and O–H groups in total. The van der Waals surface area contributed by atoms with Gasteiger partial charge in [0.2, 0.25) is 0 Å². The van der Waals surface area contributed by atoms with E-state index in [1.165, 1.54) is 0 Å². The van der Waals surface area contributed by atoms with Crippen molar-refractivity contribution in [3.8, 4) is 0 Å². The summed E-state index contributed by atoms with van der Waals surface area (Å²) in [5.74, 6) is -1.02. The molecule has 2 aliphatic heterocycles. The molecule has 4 aliphatic rings. The number of hydrogen-bond donors (Lipinski definition) is 0. The maximum atomic E-state index is 13.1. The van der Waals surface area contributed by atoms with Crippen LogP contribution < -0.4 is 4.90 Å². The van der Waals surface area contributed by atoms with Gasteiger partial charge in [0.05, 0.1) is 42.1 Å². The fourth-order valence-corrected chi connectivity index (χ4v) is 5.44. The van der Waals surface area contributed by atoms with Crippen LogP contribution in [0.25, 0.3) is 0 Å². The molecule has 6 rings (SSSR count). The van der Waals surface area contributed by atoms with E-state index in [9.17, 15) is 18.0 Å². The van der Waals surface area contributed by atoms with Crippen molar-refractivity contribution in [2.24, 2.45) is 5.92 Å². The van der Waals surface area contributed by atoms with Gasteiger partial charge in [0.25, 0.3) is 5.91 Å². The molecule has 2 saturated carbocycles. The van der Waals surface area contributed by atoms with Crippen molar-refractivity contribution in [2.75, 3.05) is 25.0 Å². The molecule has 0 unspecified atom stereocenters. The van der Waals surface area contributed by atoms with E-state index in [0.29, 0.717) is 42.8 Å². The average Bonchev–Trinajstić information content (AvgIpc) is 3.39. The summed E-state index contributed by atoms with van der Waals surface area (Å²) in [6.07, 6.45) is 1.83. The Balaban J connectivity index is 1.30. The molecule has 2 aromatic rings. The Labute approximate surface area is 195 Å². The molecule has 1 saturated heterocycles. The highest BCUT2D eigenvalue weighted by Crippen LogP contribution is 2.51. The van der Waals surface area contributed by atoms with E-state index in [0.717, 1.165) is 24.0 Å². The Morgan fingerprint density at radius 2 is 1.94 bits per heavy atom. The third-order valence-corrected chi connectivity index (χ3v) is 7.60. The first-order valence-corrected chi connectivity index (χ1v) is 12.0. The number of carbonyl (C=O) groups excluding carboxylic acids is 1. The van der Waals surface area contributed by atoms with Gasteiger partial charge < -0.3 is 14.5 Å². The number of aromatic nitrogens is 3. The number of carbonyl (C=O) groups is 1. The lowest BCUT2D eigenvalue weighted by molar-refractivity contribution is -0.197. The van der Waals surface area contributed by atoms with Crippen LogP contribution in [0.5, 0.6) is 0 Å². The number of pyridine rings is 1. The van der Waals surface area contributed by atoms with Crippen molar-refractivity contribution in [3.63, 3.8) is 0 Å². The molecule has 2 aromatic heterocycles. The number of anilines is 1. The number of morpholine rings is 1. The number of amides is 1. The highest BCUT2D eigenvalue weighted by atomic mass is 19.4. The largest absolute Gasteiger partial charge is 0.391 e. The van der Waals surface area contributed by atoms with E-state index in [1.807, 2.05) is 30.1 Å². The quantitative estimate of drug-likeness (QED) is 0.663. The maximum absolute atomic E-state index is 13.1. The van der Waals surface area contributed by atoms with Gasteiger partial charge in [0.1, 0.15) is 11.9 Å².